The second-order valence-corrected chi connectivity index (χ2v) is 2.54. The topological polar surface area (TPSA) is 66.6 Å². The lowest BCUT2D eigenvalue weighted by molar-refractivity contribution is -0.138. The Balaban J connectivity index is -0.000000405. The van der Waals surface area contributed by atoms with E-state index in [9.17, 15) is 4.79 Å². The first kappa shape index (κ1) is 17.9. The van der Waals surface area contributed by atoms with Crippen LogP contribution in [0.5, 0.6) is 0 Å². The fraction of sp³-hybridized carbons (Fsp3) is 0.833. The quantitative estimate of drug-likeness (QED) is 0.708. The molecule has 0 saturated carbocycles. The second kappa shape index (κ2) is 9.06. The van der Waals surface area contributed by atoms with Crippen molar-refractivity contribution in [3.63, 3.8) is 0 Å². The highest BCUT2D eigenvalue weighted by atomic mass is 35.5. The molecule has 0 bridgehead atoms. The van der Waals surface area contributed by atoms with Crippen LogP contribution >= 0.6 is 24.8 Å². The lowest BCUT2D eigenvalue weighted by Gasteiger charge is -2.10. The largest absolute Gasteiger partial charge is 0.480 e. The molecular weight excluding hydrogens is 203 g/mol. The van der Waals surface area contributed by atoms with Gasteiger partial charge < -0.3 is 15.7 Å². The van der Waals surface area contributed by atoms with Crippen molar-refractivity contribution >= 4 is 30.8 Å². The number of carbonyl (C=O) groups is 1. The summed E-state index contributed by atoms with van der Waals surface area (Å²) in [6, 6.07) is -0.720. The lowest BCUT2D eigenvalue weighted by atomic mass is 10.2. The number of hydrogen-bond donors (Lipinski definition) is 2. The average Bonchev–Trinajstić information content (AvgIpc) is 1.82. The smallest absolute Gasteiger partial charge is 0.320 e. The summed E-state index contributed by atoms with van der Waals surface area (Å²) in [6.07, 6.45) is 0.502. The van der Waals surface area contributed by atoms with Gasteiger partial charge in [0.2, 0.25) is 0 Å². The van der Waals surface area contributed by atoms with Crippen LogP contribution in [0.4, 0.5) is 0 Å². The lowest BCUT2D eigenvalue weighted by Crippen LogP contribution is -2.33. The molecule has 12 heavy (non-hydrogen) atoms. The van der Waals surface area contributed by atoms with Crippen LogP contribution < -0.4 is 5.73 Å². The summed E-state index contributed by atoms with van der Waals surface area (Å²) in [5.41, 5.74) is 5.24. The number of nitrogens with zero attached hydrogens (tertiary/aromatic N) is 1. The van der Waals surface area contributed by atoms with Crippen LogP contribution in [-0.2, 0) is 4.79 Å². The maximum Gasteiger partial charge on any atom is 0.320 e. The zero-order valence-electron chi connectivity index (χ0n) is 7.19. The van der Waals surface area contributed by atoms with E-state index in [-0.39, 0.29) is 24.8 Å². The van der Waals surface area contributed by atoms with Crippen LogP contribution in [0.15, 0.2) is 0 Å². The fourth-order valence-electron chi connectivity index (χ4n) is 0.521. The molecular formula is C6H16Cl2N2O2. The van der Waals surface area contributed by atoms with E-state index in [1.165, 1.54) is 0 Å². The standard InChI is InChI=1S/C6H14N2O2.2ClH/c1-8(2)4-3-5(7)6(9)10;;/h5H,3-4,7H2,1-2H3,(H,9,10);2*1H/t5-;;/m0../s1. The summed E-state index contributed by atoms with van der Waals surface area (Å²) < 4.78 is 0. The zero-order chi connectivity index (χ0) is 8.15. The van der Waals surface area contributed by atoms with Gasteiger partial charge in [0.05, 0.1) is 0 Å². The molecule has 0 radical (unpaired) electrons. The number of halogens is 2. The molecule has 0 rings (SSSR count). The minimum Gasteiger partial charge on any atom is -0.480 e. The maximum absolute atomic E-state index is 10.2. The molecule has 76 valence electrons. The van der Waals surface area contributed by atoms with Crippen molar-refractivity contribution in [2.45, 2.75) is 12.5 Å². The molecule has 0 aromatic heterocycles. The molecule has 0 aliphatic heterocycles. The predicted octanol–water partition coefficient (Wildman–Crippen LogP) is 0.194. The minimum absolute atomic E-state index is 0. The van der Waals surface area contributed by atoms with Gasteiger partial charge in [0.1, 0.15) is 6.04 Å². The molecule has 6 heteroatoms. The molecule has 4 nitrogen and oxygen atoms in total. The predicted molar refractivity (Wildman–Crippen MR) is 53.3 cm³/mol. The normalized spacial score (nSPS) is 11.3. The van der Waals surface area contributed by atoms with Gasteiger partial charge in [0.15, 0.2) is 0 Å². The SMILES string of the molecule is CN(C)CC[C@H](N)C(=O)O.Cl.Cl. The van der Waals surface area contributed by atoms with Gasteiger partial charge in [-0.15, -0.1) is 24.8 Å². The summed E-state index contributed by atoms with van der Waals surface area (Å²) in [5, 5.41) is 8.35. The summed E-state index contributed by atoms with van der Waals surface area (Å²) in [5.74, 6) is -0.929. The van der Waals surface area contributed by atoms with Gasteiger partial charge >= 0.3 is 5.97 Å². The number of carboxylic acids is 1. The summed E-state index contributed by atoms with van der Waals surface area (Å²) in [6.45, 7) is 0.716. The minimum atomic E-state index is -0.929. The summed E-state index contributed by atoms with van der Waals surface area (Å²) >= 11 is 0. The monoisotopic (exact) mass is 218 g/mol. The van der Waals surface area contributed by atoms with E-state index in [1.807, 2.05) is 19.0 Å². The Labute approximate surface area is 84.9 Å². The number of nitrogens with two attached hydrogens (primary N) is 1. The van der Waals surface area contributed by atoms with E-state index in [0.29, 0.717) is 13.0 Å². The molecule has 0 aliphatic carbocycles. The van der Waals surface area contributed by atoms with Crippen molar-refractivity contribution in [1.29, 1.82) is 0 Å². The molecule has 0 fully saturated rings. The Morgan fingerprint density at radius 1 is 1.50 bits per heavy atom. The molecule has 0 aromatic carbocycles. The van der Waals surface area contributed by atoms with E-state index < -0.39 is 12.0 Å². The van der Waals surface area contributed by atoms with Crippen molar-refractivity contribution in [2.75, 3.05) is 20.6 Å². The Morgan fingerprint density at radius 3 is 2.17 bits per heavy atom. The molecule has 0 spiro atoms. The van der Waals surface area contributed by atoms with Crippen molar-refractivity contribution in [3.05, 3.63) is 0 Å². The van der Waals surface area contributed by atoms with E-state index in [1.54, 1.807) is 0 Å². The second-order valence-electron chi connectivity index (χ2n) is 2.54. The highest BCUT2D eigenvalue weighted by Crippen LogP contribution is 1.88. The molecule has 0 unspecified atom stereocenters. The van der Waals surface area contributed by atoms with Gasteiger partial charge in [-0.1, -0.05) is 0 Å². The van der Waals surface area contributed by atoms with E-state index in [2.05, 4.69) is 0 Å². The van der Waals surface area contributed by atoms with Gasteiger partial charge in [-0.2, -0.15) is 0 Å². The summed E-state index contributed by atoms with van der Waals surface area (Å²) in [7, 11) is 3.77. The van der Waals surface area contributed by atoms with Gasteiger partial charge in [-0.05, 0) is 27.1 Å². The van der Waals surface area contributed by atoms with E-state index in [0.717, 1.165) is 0 Å². The van der Waals surface area contributed by atoms with Crippen LogP contribution in [0.2, 0.25) is 0 Å². The molecule has 0 aromatic rings. The Hall–Kier alpha value is -0.0300. The fourth-order valence-corrected chi connectivity index (χ4v) is 0.521. The Kier molecular flexibility index (Phi) is 13.5. The van der Waals surface area contributed by atoms with Crippen molar-refractivity contribution in [1.82, 2.24) is 4.90 Å². The Bertz CT molecular complexity index is 122. The molecule has 0 saturated heterocycles. The van der Waals surface area contributed by atoms with E-state index >= 15 is 0 Å². The van der Waals surface area contributed by atoms with Crippen molar-refractivity contribution < 1.29 is 9.90 Å². The first-order valence-corrected chi connectivity index (χ1v) is 3.17. The molecule has 0 aliphatic rings. The highest BCUT2D eigenvalue weighted by molar-refractivity contribution is 5.85. The first-order chi connectivity index (χ1) is 4.54. The summed E-state index contributed by atoms with van der Waals surface area (Å²) in [4.78, 5) is 12.1. The third-order valence-electron chi connectivity index (χ3n) is 1.20. The van der Waals surface area contributed by atoms with Gasteiger partial charge in [0.25, 0.3) is 0 Å². The van der Waals surface area contributed by atoms with Crippen LogP contribution in [0.3, 0.4) is 0 Å². The van der Waals surface area contributed by atoms with Crippen LogP contribution in [0.25, 0.3) is 0 Å². The number of hydrogen-bond acceptors (Lipinski definition) is 3. The molecule has 0 heterocycles. The third-order valence-corrected chi connectivity index (χ3v) is 1.20. The van der Waals surface area contributed by atoms with Crippen LogP contribution in [-0.4, -0.2) is 42.7 Å². The van der Waals surface area contributed by atoms with Crippen LogP contribution in [0, 0.1) is 0 Å². The average molecular weight is 219 g/mol. The first-order valence-electron chi connectivity index (χ1n) is 3.17. The molecule has 0 amide bonds. The molecule has 3 N–H and O–H groups in total. The maximum atomic E-state index is 10.2. The number of carboxylic acid groups (broad SMARTS) is 1. The zero-order valence-corrected chi connectivity index (χ0v) is 8.82. The van der Waals surface area contributed by atoms with Gasteiger partial charge in [0, 0.05) is 0 Å². The Morgan fingerprint density at radius 2 is 1.92 bits per heavy atom. The highest BCUT2D eigenvalue weighted by Gasteiger charge is 2.10. The van der Waals surface area contributed by atoms with Gasteiger partial charge in [-0.3, -0.25) is 4.79 Å². The molecule has 1 atom stereocenters. The van der Waals surface area contributed by atoms with E-state index in [4.69, 9.17) is 10.8 Å². The number of aliphatic carboxylic acids is 1. The van der Waals surface area contributed by atoms with Gasteiger partial charge in [-0.25, -0.2) is 0 Å². The number of rotatable bonds is 4. The van der Waals surface area contributed by atoms with Crippen molar-refractivity contribution in [3.8, 4) is 0 Å². The van der Waals surface area contributed by atoms with Crippen molar-refractivity contribution in [2.24, 2.45) is 5.73 Å². The van der Waals surface area contributed by atoms with Crippen LogP contribution in [0.1, 0.15) is 6.42 Å². The third kappa shape index (κ3) is 9.97.